The standard InChI is InChI=1S/C29H26BrN5O2S/c30-24-12-14-26(15-13-24)38(36,37)33-18-7-17-31-28-20-23(16-19-32-28)27-21-35(25-10-5-2-6-11-25)34-29(27)22-8-3-1-4-9-22/h1-6,8-16,19-21,33H,7,17-18H2,(H,31,32). The van der Waals surface area contributed by atoms with Gasteiger partial charge < -0.3 is 5.32 Å². The minimum Gasteiger partial charge on any atom is -0.370 e. The number of hydrogen-bond acceptors (Lipinski definition) is 5. The molecule has 3 aromatic carbocycles. The molecule has 2 aromatic heterocycles. The van der Waals surface area contributed by atoms with E-state index in [2.05, 4.69) is 43.1 Å². The van der Waals surface area contributed by atoms with Gasteiger partial charge in [0.15, 0.2) is 0 Å². The fourth-order valence-electron chi connectivity index (χ4n) is 4.01. The number of hydrogen-bond donors (Lipinski definition) is 2. The number of rotatable bonds is 10. The highest BCUT2D eigenvalue weighted by Crippen LogP contribution is 2.32. The van der Waals surface area contributed by atoms with Crippen LogP contribution in [0, 0.1) is 0 Å². The van der Waals surface area contributed by atoms with Gasteiger partial charge in [-0.3, -0.25) is 0 Å². The van der Waals surface area contributed by atoms with Crippen molar-refractivity contribution in [2.45, 2.75) is 11.3 Å². The SMILES string of the molecule is O=S(=O)(NCCCNc1cc(-c2cn(-c3ccccc3)nc2-c2ccccc2)ccn1)c1ccc(Br)cc1. The molecule has 0 bridgehead atoms. The van der Waals surface area contributed by atoms with Gasteiger partial charge in [0.05, 0.1) is 10.6 Å². The lowest BCUT2D eigenvalue weighted by atomic mass is 10.0. The van der Waals surface area contributed by atoms with Gasteiger partial charge in [-0.2, -0.15) is 5.10 Å². The normalized spacial score (nSPS) is 11.4. The lowest BCUT2D eigenvalue weighted by Gasteiger charge is -2.09. The first-order valence-corrected chi connectivity index (χ1v) is 14.4. The molecule has 0 aliphatic carbocycles. The molecule has 0 spiro atoms. The summed E-state index contributed by atoms with van der Waals surface area (Å²) in [6.45, 7) is 0.876. The van der Waals surface area contributed by atoms with Crippen molar-refractivity contribution >= 4 is 31.8 Å². The summed E-state index contributed by atoms with van der Waals surface area (Å²) in [5.41, 5.74) is 4.87. The maximum Gasteiger partial charge on any atom is 0.240 e. The van der Waals surface area contributed by atoms with Crippen LogP contribution < -0.4 is 10.0 Å². The molecule has 9 heteroatoms. The van der Waals surface area contributed by atoms with Gasteiger partial charge >= 0.3 is 0 Å². The zero-order chi connectivity index (χ0) is 26.4. The Balaban J connectivity index is 1.28. The molecular formula is C29H26BrN5O2S. The number of halogens is 1. The maximum absolute atomic E-state index is 12.5. The molecular weight excluding hydrogens is 562 g/mol. The Bertz CT molecular complexity index is 1610. The fraction of sp³-hybridized carbons (Fsp3) is 0.103. The lowest BCUT2D eigenvalue weighted by molar-refractivity contribution is 0.580. The van der Waals surface area contributed by atoms with Crippen molar-refractivity contribution in [3.05, 3.63) is 114 Å². The van der Waals surface area contributed by atoms with Gasteiger partial charge in [0.2, 0.25) is 10.0 Å². The van der Waals surface area contributed by atoms with E-state index in [1.54, 1.807) is 30.5 Å². The highest BCUT2D eigenvalue weighted by molar-refractivity contribution is 9.10. The second kappa shape index (κ2) is 11.7. The smallest absolute Gasteiger partial charge is 0.240 e. The van der Waals surface area contributed by atoms with Crippen LogP contribution in [0.1, 0.15) is 6.42 Å². The molecule has 2 heterocycles. The average Bonchev–Trinajstić information content (AvgIpc) is 3.40. The zero-order valence-corrected chi connectivity index (χ0v) is 22.9. The Kier molecular flexibility index (Phi) is 7.97. The van der Waals surface area contributed by atoms with E-state index in [9.17, 15) is 8.42 Å². The molecule has 192 valence electrons. The van der Waals surface area contributed by atoms with Crippen molar-refractivity contribution in [2.75, 3.05) is 18.4 Å². The molecule has 0 fully saturated rings. The molecule has 0 amide bonds. The first-order chi connectivity index (χ1) is 18.5. The van der Waals surface area contributed by atoms with Gasteiger partial charge in [-0.25, -0.2) is 22.8 Å². The third-order valence-electron chi connectivity index (χ3n) is 5.93. The number of nitrogens with one attached hydrogen (secondary N) is 2. The van der Waals surface area contributed by atoms with Crippen LogP contribution >= 0.6 is 15.9 Å². The van der Waals surface area contributed by atoms with Gasteiger partial charge in [-0.15, -0.1) is 0 Å². The van der Waals surface area contributed by atoms with E-state index in [0.717, 1.165) is 32.5 Å². The zero-order valence-electron chi connectivity index (χ0n) is 20.5. The Morgan fingerprint density at radius 1 is 0.816 bits per heavy atom. The highest BCUT2D eigenvalue weighted by Gasteiger charge is 2.15. The van der Waals surface area contributed by atoms with E-state index in [0.29, 0.717) is 25.3 Å². The summed E-state index contributed by atoms with van der Waals surface area (Å²) < 4.78 is 30.3. The first kappa shape index (κ1) is 25.8. The van der Waals surface area contributed by atoms with Crippen molar-refractivity contribution < 1.29 is 8.42 Å². The van der Waals surface area contributed by atoms with Crippen LogP contribution in [0.5, 0.6) is 0 Å². The summed E-state index contributed by atoms with van der Waals surface area (Å²) in [6, 6.07) is 30.6. The van der Waals surface area contributed by atoms with Gasteiger partial charge in [0.1, 0.15) is 11.5 Å². The Hall–Kier alpha value is -3.79. The maximum atomic E-state index is 12.5. The molecule has 0 aliphatic heterocycles. The largest absolute Gasteiger partial charge is 0.370 e. The van der Waals surface area contributed by atoms with Crippen molar-refractivity contribution in [1.82, 2.24) is 19.5 Å². The number of pyridine rings is 1. The summed E-state index contributed by atoms with van der Waals surface area (Å²) >= 11 is 3.32. The van der Waals surface area contributed by atoms with E-state index in [-0.39, 0.29) is 4.90 Å². The van der Waals surface area contributed by atoms with Crippen molar-refractivity contribution in [1.29, 1.82) is 0 Å². The number of para-hydroxylation sites is 1. The number of aromatic nitrogens is 3. The molecule has 5 rings (SSSR count). The third-order valence-corrected chi connectivity index (χ3v) is 7.93. The Labute approximate surface area is 230 Å². The minimum atomic E-state index is -3.54. The van der Waals surface area contributed by atoms with Gasteiger partial charge in [0, 0.05) is 41.1 Å². The van der Waals surface area contributed by atoms with Gasteiger partial charge in [0.25, 0.3) is 0 Å². The monoisotopic (exact) mass is 587 g/mol. The Morgan fingerprint density at radius 2 is 1.53 bits per heavy atom. The summed E-state index contributed by atoms with van der Waals surface area (Å²) in [4.78, 5) is 4.70. The molecule has 0 atom stereocenters. The average molecular weight is 589 g/mol. The van der Waals surface area contributed by atoms with Crippen LogP contribution in [0.2, 0.25) is 0 Å². The molecule has 0 unspecified atom stereocenters. The molecule has 38 heavy (non-hydrogen) atoms. The van der Waals surface area contributed by atoms with Gasteiger partial charge in [-0.1, -0.05) is 64.5 Å². The predicted octanol–water partition coefficient (Wildman–Crippen LogP) is 6.14. The minimum absolute atomic E-state index is 0.244. The van der Waals surface area contributed by atoms with Crippen LogP contribution in [-0.2, 0) is 10.0 Å². The summed E-state index contributed by atoms with van der Waals surface area (Å²) in [6.07, 6.45) is 4.40. The quantitative estimate of drug-likeness (QED) is 0.191. The second-order valence-electron chi connectivity index (χ2n) is 8.60. The molecule has 7 nitrogen and oxygen atoms in total. The van der Waals surface area contributed by atoms with Crippen LogP contribution in [-0.4, -0.2) is 36.3 Å². The van der Waals surface area contributed by atoms with E-state index in [1.165, 1.54) is 0 Å². The molecule has 0 aliphatic rings. The molecule has 0 saturated heterocycles. The number of anilines is 1. The first-order valence-electron chi connectivity index (χ1n) is 12.2. The Morgan fingerprint density at radius 3 is 2.26 bits per heavy atom. The van der Waals surface area contributed by atoms with Gasteiger partial charge in [-0.05, 0) is 60.5 Å². The van der Waals surface area contributed by atoms with E-state index in [1.807, 2.05) is 71.5 Å². The number of benzene rings is 3. The fourth-order valence-corrected chi connectivity index (χ4v) is 5.35. The lowest BCUT2D eigenvalue weighted by Crippen LogP contribution is -2.26. The summed E-state index contributed by atoms with van der Waals surface area (Å²) in [5, 5.41) is 8.21. The topological polar surface area (TPSA) is 88.9 Å². The molecule has 0 radical (unpaired) electrons. The van der Waals surface area contributed by atoms with Crippen LogP contribution in [0.25, 0.3) is 28.1 Å². The van der Waals surface area contributed by atoms with Crippen LogP contribution in [0.4, 0.5) is 5.82 Å². The molecule has 0 saturated carbocycles. The van der Waals surface area contributed by atoms with Crippen molar-refractivity contribution in [2.24, 2.45) is 0 Å². The van der Waals surface area contributed by atoms with E-state index in [4.69, 9.17) is 5.10 Å². The van der Waals surface area contributed by atoms with Crippen LogP contribution in [0.3, 0.4) is 0 Å². The number of sulfonamides is 1. The highest BCUT2D eigenvalue weighted by atomic mass is 79.9. The summed E-state index contributed by atoms with van der Waals surface area (Å²) in [5.74, 6) is 0.713. The molecule has 2 N–H and O–H groups in total. The number of nitrogens with zero attached hydrogens (tertiary/aromatic N) is 3. The van der Waals surface area contributed by atoms with Crippen molar-refractivity contribution in [3.8, 4) is 28.1 Å². The predicted molar refractivity (Wildman–Crippen MR) is 155 cm³/mol. The van der Waals surface area contributed by atoms with Crippen molar-refractivity contribution in [3.63, 3.8) is 0 Å². The second-order valence-corrected chi connectivity index (χ2v) is 11.3. The van der Waals surface area contributed by atoms with E-state index < -0.39 is 10.0 Å². The molecule has 5 aromatic rings. The third kappa shape index (κ3) is 6.19. The van der Waals surface area contributed by atoms with E-state index >= 15 is 0 Å². The summed E-state index contributed by atoms with van der Waals surface area (Å²) in [7, 11) is -3.54. The van der Waals surface area contributed by atoms with Crippen LogP contribution in [0.15, 0.2) is 119 Å².